The second-order valence-corrected chi connectivity index (χ2v) is 16.8. The topological polar surface area (TPSA) is 28.6 Å². The van der Waals surface area contributed by atoms with Crippen LogP contribution in [0.15, 0.2) is 85.3 Å². The standard InChI is InChI=1S/C29H37N3OSi/c1-28(2,3)34(29(4,5)6,27-16-8-9-17-30-27)26-15-11-14-25(21-26)33-24-13-10-12-23(20-24)32-19-18-31(7)22-32/h8-21H,22H2,1-7H3. The first-order valence-electron chi connectivity index (χ1n) is 12.0. The fourth-order valence-corrected chi connectivity index (χ4v) is 13.0. The van der Waals surface area contributed by atoms with Gasteiger partial charge in [0, 0.05) is 42.7 Å². The summed E-state index contributed by atoms with van der Waals surface area (Å²) in [5.41, 5.74) is 1.12. The number of rotatable bonds is 5. The molecule has 0 atom stereocenters. The van der Waals surface area contributed by atoms with Gasteiger partial charge in [0.1, 0.15) is 11.5 Å². The summed E-state index contributed by atoms with van der Waals surface area (Å²) in [6, 6.07) is 23.4. The average Bonchev–Trinajstić information content (AvgIpc) is 3.20. The Hall–Kier alpha value is -3.05. The van der Waals surface area contributed by atoms with Crippen LogP contribution in [0, 0.1) is 0 Å². The molecule has 0 spiro atoms. The van der Waals surface area contributed by atoms with E-state index in [9.17, 15) is 0 Å². The minimum Gasteiger partial charge on any atom is -0.457 e. The molecule has 0 amide bonds. The molecule has 2 heterocycles. The van der Waals surface area contributed by atoms with Gasteiger partial charge in [0.25, 0.3) is 0 Å². The highest BCUT2D eigenvalue weighted by Gasteiger charge is 2.56. The number of ether oxygens (including phenoxy) is 1. The zero-order chi connectivity index (χ0) is 24.6. The fourth-order valence-electron chi connectivity index (χ4n) is 5.84. The van der Waals surface area contributed by atoms with Crippen molar-refractivity contribution < 1.29 is 4.74 Å². The van der Waals surface area contributed by atoms with Gasteiger partial charge in [0.15, 0.2) is 8.07 Å². The molecule has 2 aromatic carbocycles. The molecule has 0 N–H and O–H groups in total. The van der Waals surface area contributed by atoms with Crippen molar-refractivity contribution in [1.29, 1.82) is 0 Å². The quantitative estimate of drug-likeness (QED) is 0.413. The molecule has 0 saturated carbocycles. The second-order valence-electron chi connectivity index (χ2n) is 11.3. The molecule has 1 aliphatic rings. The molecule has 0 bridgehead atoms. The minimum atomic E-state index is -2.35. The molecule has 178 valence electrons. The highest BCUT2D eigenvalue weighted by atomic mass is 28.3. The summed E-state index contributed by atoms with van der Waals surface area (Å²) in [6.45, 7) is 15.1. The molecule has 0 radical (unpaired) electrons. The van der Waals surface area contributed by atoms with Crippen LogP contribution >= 0.6 is 0 Å². The SMILES string of the molecule is CN1C=CN(c2cccc(Oc3cccc([Si](c4ccccn4)(C(C)(C)C)C(C)(C)C)c3)c2)C1. The Kier molecular flexibility index (Phi) is 6.34. The van der Waals surface area contributed by atoms with E-state index in [1.807, 2.05) is 18.3 Å². The van der Waals surface area contributed by atoms with Gasteiger partial charge in [-0.25, -0.2) is 0 Å². The number of benzene rings is 2. The summed E-state index contributed by atoms with van der Waals surface area (Å²) in [5.74, 6) is 1.71. The van der Waals surface area contributed by atoms with Crippen LogP contribution < -0.4 is 20.1 Å². The lowest BCUT2D eigenvalue weighted by Gasteiger charge is -2.51. The van der Waals surface area contributed by atoms with Crippen molar-refractivity contribution in [2.24, 2.45) is 0 Å². The number of hydrogen-bond acceptors (Lipinski definition) is 4. The van der Waals surface area contributed by atoms with Gasteiger partial charge < -0.3 is 14.5 Å². The van der Waals surface area contributed by atoms with Gasteiger partial charge in [-0.1, -0.05) is 65.8 Å². The van der Waals surface area contributed by atoms with E-state index in [-0.39, 0.29) is 10.1 Å². The first-order valence-corrected chi connectivity index (χ1v) is 14.0. The van der Waals surface area contributed by atoms with Crippen LogP contribution in [0.2, 0.25) is 10.1 Å². The maximum Gasteiger partial charge on any atom is 0.151 e. The van der Waals surface area contributed by atoms with Crippen LogP contribution in [-0.2, 0) is 0 Å². The molecular weight excluding hydrogens is 434 g/mol. The van der Waals surface area contributed by atoms with E-state index >= 15 is 0 Å². The van der Waals surface area contributed by atoms with Gasteiger partial charge in [-0.2, -0.15) is 0 Å². The molecule has 1 aliphatic heterocycles. The van der Waals surface area contributed by atoms with Crippen molar-refractivity contribution in [3.63, 3.8) is 0 Å². The summed E-state index contributed by atoms with van der Waals surface area (Å²) in [7, 11) is -0.279. The second kappa shape index (κ2) is 8.95. The molecule has 3 aromatic rings. The molecule has 4 nitrogen and oxygen atoms in total. The number of anilines is 1. The van der Waals surface area contributed by atoms with Crippen molar-refractivity contribution in [1.82, 2.24) is 9.88 Å². The Labute approximate surface area is 205 Å². The lowest BCUT2D eigenvalue weighted by atomic mass is 10.2. The van der Waals surface area contributed by atoms with Gasteiger partial charge in [-0.15, -0.1) is 0 Å². The van der Waals surface area contributed by atoms with Gasteiger partial charge in [0.05, 0.1) is 6.67 Å². The number of aromatic nitrogens is 1. The van der Waals surface area contributed by atoms with E-state index in [1.165, 1.54) is 10.5 Å². The van der Waals surface area contributed by atoms with Crippen LogP contribution in [0.3, 0.4) is 0 Å². The van der Waals surface area contributed by atoms with E-state index in [2.05, 4.69) is 125 Å². The van der Waals surface area contributed by atoms with Crippen LogP contribution in [0.1, 0.15) is 41.5 Å². The predicted molar refractivity (Wildman–Crippen MR) is 146 cm³/mol. The van der Waals surface area contributed by atoms with E-state index in [0.29, 0.717) is 0 Å². The van der Waals surface area contributed by atoms with E-state index in [1.54, 1.807) is 0 Å². The molecule has 0 fully saturated rings. The smallest absolute Gasteiger partial charge is 0.151 e. The summed E-state index contributed by atoms with van der Waals surface area (Å²) < 4.78 is 6.44. The molecule has 0 aliphatic carbocycles. The van der Waals surface area contributed by atoms with E-state index in [0.717, 1.165) is 23.9 Å². The summed E-state index contributed by atoms with van der Waals surface area (Å²) in [4.78, 5) is 9.30. The number of pyridine rings is 1. The summed E-state index contributed by atoms with van der Waals surface area (Å²) in [5, 5.41) is 2.67. The van der Waals surface area contributed by atoms with Crippen molar-refractivity contribution in [2.45, 2.75) is 51.6 Å². The Balaban J connectivity index is 1.75. The molecule has 0 unspecified atom stereocenters. The lowest BCUT2D eigenvalue weighted by Crippen LogP contribution is -2.70. The van der Waals surface area contributed by atoms with Crippen molar-refractivity contribution in [2.75, 3.05) is 18.6 Å². The van der Waals surface area contributed by atoms with Crippen LogP contribution in [0.4, 0.5) is 5.69 Å². The van der Waals surface area contributed by atoms with Crippen molar-refractivity contribution in [3.05, 3.63) is 85.3 Å². The Morgan fingerprint density at radius 3 is 2.06 bits per heavy atom. The van der Waals surface area contributed by atoms with Gasteiger partial charge in [-0.3, -0.25) is 4.98 Å². The van der Waals surface area contributed by atoms with Gasteiger partial charge in [0.2, 0.25) is 0 Å². The highest BCUT2D eigenvalue weighted by molar-refractivity contribution is 7.05. The molecule has 34 heavy (non-hydrogen) atoms. The van der Waals surface area contributed by atoms with Crippen LogP contribution in [0.25, 0.3) is 0 Å². The summed E-state index contributed by atoms with van der Waals surface area (Å²) >= 11 is 0. The Morgan fingerprint density at radius 2 is 1.47 bits per heavy atom. The minimum absolute atomic E-state index is 0.0479. The zero-order valence-electron chi connectivity index (χ0n) is 21.5. The third-order valence-electron chi connectivity index (χ3n) is 6.83. The third kappa shape index (κ3) is 4.37. The molecule has 1 aromatic heterocycles. The Morgan fingerprint density at radius 1 is 0.794 bits per heavy atom. The maximum atomic E-state index is 6.44. The predicted octanol–water partition coefficient (Wildman–Crippen LogP) is 6.22. The summed E-state index contributed by atoms with van der Waals surface area (Å²) in [6.07, 6.45) is 6.11. The van der Waals surface area contributed by atoms with Crippen molar-refractivity contribution >= 4 is 24.3 Å². The average molecular weight is 472 g/mol. The molecule has 5 heteroatoms. The van der Waals surface area contributed by atoms with Gasteiger partial charge in [-0.05, 0) is 51.7 Å². The molecular formula is C29H37N3OSi. The normalized spacial score (nSPS) is 14.6. The van der Waals surface area contributed by atoms with Crippen LogP contribution in [0.5, 0.6) is 11.5 Å². The Bertz CT molecular complexity index is 1150. The lowest BCUT2D eigenvalue weighted by molar-refractivity contribution is 0.481. The van der Waals surface area contributed by atoms with Gasteiger partial charge >= 0.3 is 0 Å². The zero-order valence-corrected chi connectivity index (χ0v) is 22.5. The molecule has 0 saturated heterocycles. The molecule has 4 rings (SSSR count). The first kappa shape index (κ1) is 24.1. The number of hydrogen-bond donors (Lipinski definition) is 0. The van der Waals surface area contributed by atoms with E-state index in [4.69, 9.17) is 9.72 Å². The maximum absolute atomic E-state index is 6.44. The van der Waals surface area contributed by atoms with Crippen LogP contribution in [-0.4, -0.2) is 31.7 Å². The third-order valence-corrected chi connectivity index (χ3v) is 13.6. The highest BCUT2D eigenvalue weighted by Crippen LogP contribution is 2.50. The monoisotopic (exact) mass is 471 g/mol. The van der Waals surface area contributed by atoms with Crippen molar-refractivity contribution in [3.8, 4) is 11.5 Å². The number of nitrogens with zero attached hydrogens (tertiary/aromatic N) is 3. The largest absolute Gasteiger partial charge is 0.457 e. The fraction of sp³-hybridized carbons (Fsp3) is 0.345. The van der Waals surface area contributed by atoms with E-state index < -0.39 is 8.07 Å². The first-order chi connectivity index (χ1) is 16.0.